The van der Waals surface area contributed by atoms with Crippen LogP contribution in [0.15, 0.2) is 53.0 Å². The van der Waals surface area contributed by atoms with Crippen LogP contribution in [0.1, 0.15) is 5.56 Å². The molecule has 0 aromatic heterocycles. The van der Waals surface area contributed by atoms with E-state index >= 15 is 0 Å². The van der Waals surface area contributed by atoms with Gasteiger partial charge in [0.2, 0.25) is 0 Å². The minimum Gasteiger partial charge on any atom is -0.355 e. The molecule has 2 rings (SSSR count). The van der Waals surface area contributed by atoms with E-state index in [0.29, 0.717) is 6.42 Å². The van der Waals surface area contributed by atoms with E-state index in [0.717, 1.165) is 27.7 Å². The van der Waals surface area contributed by atoms with Crippen molar-refractivity contribution in [1.29, 1.82) is 0 Å². The average molecular weight is 290 g/mol. The third-order valence-corrected chi connectivity index (χ3v) is 2.97. The second-order valence-electron chi connectivity index (χ2n) is 3.66. The fourth-order valence-electron chi connectivity index (χ4n) is 1.60. The molecule has 2 nitrogen and oxygen atoms in total. The van der Waals surface area contributed by atoms with Gasteiger partial charge in [-0.15, -0.1) is 0 Å². The largest absolute Gasteiger partial charge is 0.355 e. The number of hydrogen-bond acceptors (Lipinski definition) is 2. The van der Waals surface area contributed by atoms with Gasteiger partial charge in [0.1, 0.15) is 6.29 Å². The SMILES string of the molecule is O=CCc1ccccc1Nc1ccc(Br)cc1. The lowest BCUT2D eigenvalue weighted by Gasteiger charge is -2.10. The van der Waals surface area contributed by atoms with Crippen LogP contribution in [0.3, 0.4) is 0 Å². The van der Waals surface area contributed by atoms with Gasteiger partial charge in [0, 0.05) is 22.3 Å². The Bertz CT molecular complexity index is 508. The van der Waals surface area contributed by atoms with Crippen molar-refractivity contribution in [2.75, 3.05) is 5.32 Å². The topological polar surface area (TPSA) is 29.1 Å². The van der Waals surface area contributed by atoms with Gasteiger partial charge in [-0.25, -0.2) is 0 Å². The van der Waals surface area contributed by atoms with E-state index in [1.807, 2.05) is 48.5 Å². The fraction of sp³-hybridized carbons (Fsp3) is 0.0714. The second-order valence-corrected chi connectivity index (χ2v) is 4.58. The highest BCUT2D eigenvalue weighted by atomic mass is 79.9. The van der Waals surface area contributed by atoms with Crippen LogP contribution < -0.4 is 5.32 Å². The number of carbonyl (C=O) groups excluding carboxylic acids is 1. The minimum absolute atomic E-state index is 0.430. The van der Waals surface area contributed by atoms with Gasteiger partial charge in [-0.3, -0.25) is 0 Å². The van der Waals surface area contributed by atoms with E-state index in [2.05, 4.69) is 21.2 Å². The lowest BCUT2D eigenvalue weighted by molar-refractivity contribution is -0.107. The number of nitrogens with one attached hydrogen (secondary N) is 1. The van der Waals surface area contributed by atoms with Crippen LogP contribution in [0.5, 0.6) is 0 Å². The van der Waals surface area contributed by atoms with E-state index < -0.39 is 0 Å². The summed E-state index contributed by atoms with van der Waals surface area (Å²) in [6.07, 6.45) is 1.35. The molecule has 2 aromatic carbocycles. The molecular weight excluding hydrogens is 278 g/mol. The maximum absolute atomic E-state index is 10.6. The summed E-state index contributed by atoms with van der Waals surface area (Å²) in [5.41, 5.74) is 2.99. The third kappa shape index (κ3) is 3.17. The highest BCUT2D eigenvalue weighted by Crippen LogP contribution is 2.22. The van der Waals surface area contributed by atoms with E-state index in [1.165, 1.54) is 0 Å². The zero-order chi connectivity index (χ0) is 12.1. The van der Waals surface area contributed by atoms with Crippen LogP contribution in [-0.4, -0.2) is 6.29 Å². The zero-order valence-electron chi connectivity index (χ0n) is 9.19. The molecule has 17 heavy (non-hydrogen) atoms. The Morgan fingerprint density at radius 2 is 1.76 bits per heavy atom. The molecule has 0 unspecified atom stereocenters. The molecule has 0 aliphatic heterocycles. The van der Waals surface area contributed by atoms with Gasteiger partial charge < -0.3 is 10.1 Å². The number of anilines is 2. The predicted molar refractivity (Wildman–Crippen MR) is 73.6 cm³/mol. The number of carbonyl (C=O) groups is 1. The molecule has 1 N–H and O–H groups in total. The highest BCUT2D eigenvalue weighted by Gasteiger charge is 2.01. The summed E-state index contributed by atoms with van der Waals surface area (Å²) in [4.78, 5) is 10.6. The Hall–Kier alpha value is -1.61. The van der Waals surface area contributed by atoms with E-state index in [9.17, 15) is 4.79 Å². The Labute approximate surface area is 109 Å². The van der Waals surface area contributed by atoms with Crippen LogP contribution in [0.25, 0.3) is 0 Å². The van der Waals surface area contributed by atoms with Crippen molar-refractivity contribution < 1.29 is 4.79 Å². The summed E-state index contributed by atoms with van der Waals surface area (Å²) in [5.74, 6) is 0. The maximum atomic E-state index is 10.6. The Morgan fingerprint density at radius 3 is 2.47 bits per heavy atom. The first kappa shape index (κ1) is 11.9. The van der Waals surface area contributed by atoms with Crippen molar-refractivity contribution in [3.63, 3.8) is 0 Å². The number of rotatable bonds is 4. The molecule has 0 radical (unpaired) electrons. The van der Waals surface area contributed by atoms with Gasteiger partial charge in [-0.1, -0.05) is 34.1 Å². The molecule has 0 aliphatic rings. The van der Waals surface area contributed by atoms with Gasteiger partial charge in [-0.05, 0) is 35.9 Å². The molecule has 0 amide bonds. The molecule has 0 atom stereocenters. The first-order valence-corrected chi connectivity index (χ1v) is 6.13. The van der Waals surface area contributed by atoms with Crippen LogP contribution in [0.4, 0.5) is 11.4 Å². The second kappa shape index (κ2) is 5.64. The molecule has 0 aliphatic carbocycles. The third-order valence-electron chi connectivity index (χ3n) is 2.44. The van der Waals surface area contributed by atoms with Gasteiger partial charge >= 0.3 is 0 Å². The van der Waals surface area contributed by atoms with Crippen molar-refractivity contribution in [2.24, 2.45) is 0 Å². The smallest absolute Gasteiger partial charge is 0.124 e. The Kier molecular flexibility index (Phi) is 3.94. The summed E-state index contributed by atoms with van der Waals surface area (Å²) in [7, 11) is 0. The minimum atomic E-state index is 0.430. The molecule has 0 spiro atoms. The number of halogens is 1. The predicted octanol–water partition coefficient (Wildman–Crippen LogP) is 3.93. The molecule has 0 heterocycles. The molecule has 3 heteroatoms. The summed E-state index contributed by atoms with van der Waals surface area (Å²) in [5, 5.41) is 3.30. The number of aldehydes is 1. The van der Waals surface area contributed by atoms with Gasteiger partial charge in [-0.2, -0.15) is 0 Å². The van der Waals surface area contributed by atoms with Crippen LogP contribution in [0.2, 0.25) is 0 Å². The number of para-hydroxylation sites is 1. The monoisotopic (exact) mass is 289 g/mol. The van der Waals surface area contributed by atoms with E-state index in [-0.39, 0.29) is 0 Å². The van der Waals surface area contributed by atoms with Crippen LogP contribution in [0, 0.1) is 0 Å². The summed E-state index contributed by atoms with van der Waals surface area (Å²) < 4.78 is 1.05. The number of hydrogen-bond donors (Lipinski definition) is 1. The quantitative estimate of drug-likeness (QED) is 0.864. The Morgan fingerprint density at radius 1 is 1.06 bits per heavy atom. The molecule has 2 aromatic rings. The lowest BCUT2D eigenvalue weighted by atomic mass is 10.1. The standard InChI is InChI=1S/C14H12BrNO/c15-12-5-7-13(8-6-12)16-14-4-2-1-3-11(14)9-10-17/h1-8,10,16H,9H2. The van der Waals surface area contributed by atoms with Crippen molar-refractivity contribution in [2.45, 2.75) is 6.42 Å². The lowest BCUT2D eigenvalue weighted by Crippen LogP contribution is -1.96. The molecule has 0 saturated carbocycles. The van der Waals surface area contributed by atoms with Crippen LogP contribution in [-0.2, 0) is 11.2 Å². The average Bonchev–Trinajstić information content (AvgIpc) is 2.35. The maximum Gasteiger partial charge on any atom is 0.124 e. The number of benzene rings is 2. The first-order chi connectivity index (χ1) is 8.29. The molecule has 0 bridgehead atoms. The van der Waals surface area contributed by atoms with E-state index in [4.69, 9.17) is 0 Å². The van der Waals surface area contributed by atoms with Gasteiger partial charge in [0.15, 0.2) is 0 Å². The zero-order valence-corrected chi connectivity index (χ0v) is 10.8. The summed E-state index contributed by atoms with van der Waals surface area (Å²) in [6, 6.07) is 15.7. The van der Waals surface area contributed by atoms with Gasteiger partial charge in [0.05, 0.1) is 0 Å². The first-order valence-electron chi connectivity index (χ1n) is 5.34. The van der Waals surface area contributed by atoms with Crippen molar-refractivity contribution in [3.05, 3.63) is 58.6 Å². The summed E-state index contributed by atoms with van der Waals surface area (Å²) in [6.45, 7) is 0. The van der Waals surface area contributed by atoms with Crippen molar-refractivity contribution >= 4 is 33.6 Å². The Balaban J connectivity index is 2.23. The fourth-order valence-corrected chi connectivity index (χ4v) is 1.86. The molecule has 0 fully saturated rings. The van der Waals surface area contributed by atoms with Gasteiger partial charge in [0.25, 0.3) is 0 Å². The molecular formula is C14H12BrNO. The summed E-state index contributed by atoms with van der Waals surface area (Å²) >= 11 is 3.40. The van der Waals surface area contributed by atoms with Crippen molar-refractivity contribution in [1.82, 2.24) is 0 Å². The van der Waals surface area contributed by atoms with E-state index in [1.54, 1.807) is 0 Å². The molecule has 0 saturated heterocycles. The van der Waals surface area contributed by atoms with Crippen molar-refractivity contribution in [3.8, 4) is 0 Å². The highest BCUT2D eigenvalue weighted by molar-refractivity contribution is 9.10. The molecule has 86 valence electrons. The normalized spacial score (nSPS) is 9.94. The van der Waals surface area contributed by atoms with Crippen LogP contribution >= 0.6 is 15.9 Å².